The van der Waals surface area contributed by atoms with E-state index < -0.39 is 0 Å². The highest BCUT2D eigenvalue weighted by Gasteiger charge is 2.34. The summed E-state index contributed by atoms with van der Waals surface area (Å²) in [5.41, 5.74) is 0. The molecule has 1 heterocycles. The zero-order valence-corrected chi connectivity index (χ0v) is 8.66. The number of imide groups is 1. The lowest BCUT2D eigenvalue weighted by Gasteiger charge is -2.30. The third-order valence-corrected chi connectivity index (χ3v) is 2.35. The Labute approximate surface area is 83.2 Å². The predicted molar refractivity (Wildman–Crippen MR) is 50.6 cm³/mol. The monoisotopic (exact) mass is 200 g/mol. The number of piperazine rings is 1. The van der Waals surface area contributed by atoms with E-state index in [1.165, 1.54) is 0 Å². The van der Waals surface area contributed by atoms with Crippen LogP contribution >= 0.6 is 0 Å². The van der Waals surface area contributed by atoms with E-state index in [1.807, 2.05) is 6.92 Å². The molecule has 14 heavy (non-hydrogen) atoms. The van der Waals surface area contributed by atoms with Crippen molar-refractivity contribution < 1.29 is 14.3 Å². The SMILES string of the molecule is COCC(C)C1NC(C)C(=O)NC1=O. The minimum atomic E-state index is -0.345. The molecule has 0 aromatic carbocycles. The first kappa shape index (κ1) is 11.1. The molecule has 2 N–H and O–H groups in total. The van der Waals surface area contributed by atoms with E-state index in [1.54, 1.807) is 14.0 Å². The van der Waals surface area contributed by atoms with Gasteiger partial charge in [-0.05, 0) is 6.92 Å². The molecular weight excluding hydrogens is 184 g/mol. The Bertz CT molecular complexity index is 242. The van der Waals surface area contributed by atoms with Gasteiger partial charge in [-0.25, -0.2) is 0 Å². The second-order valence-electron chi connectivity index (χ2n) is 3.65. The van der Waals surface area contributed by atoms with Crippen LogP contribution in [0.3, 0.4) is 0 Å². The van der Waals surface area contributed by atoms with Crippen LogP contribution in [0.25, 0.3) is 0 Å². The molecule has 2 amide bonds. The van der Waals surface area contributed by atoms with Crippen molar-refractivity contribution in [1.29, 1.82) is 0 Å². The smallest absolute Gasteiger partial charge is 0.244 e. The van der Waals surface area contributed by atoms with Gasteiger partial charge in [0.1, 0.15) is 0 Å². The summed E-state index contributed by atoms with van der Waals surface area (Å²) in [5.74, 6) is -0.482. The van der Waals surface area contributed by atoms with Crippen molar-refractivity contribution >= 4 is 11.8 Å². The van der Waals surface area contributed by atoms with E-state index in [9.17, 15) is 9.59 Å². The number of carbonyl (C=O) groups excluding carboxylic acids is 2. The highest BCUT2D eigenvalue weighted by molar-refractivity contribution is 6.02. The third-order valence-electron chi connectivity index (χ3n) is 2.35. The highest BCUT2D eigenvalue weighted by atomic mass is 16.5. The molecule has 5 heteroatoms. The first-order valence-electron chi connectivity index (χ1n) is 4.66. The molecular formula is C9H16N2O3. The summed E-state index contributed by atoms with van der Waals surface area (Å²) in [7, 11) is 1.59. The van der Waals surface area contributed by atoms with Gasteiger partial charge in [0.25, 0.3) is 0 Å². The van der Waals surface area contributed by atoms with Gasteiger partial charge in [-0.1, -0.05) is 6.92 Å². The Kier molecular flexibility index (Phi) is 3.60. The number of hydrogen-bond donors (Lipinski definition) is 2. The molecule has 3 unspecified atom stereocenters. The van der Waals surface area contributed by atoms with Crippen molar-refractivity contribution in [1.82, 2.24) is 10.6 Å². The van der Waals surface area contributed by atoms with E-state index in [2.05, 4.69) is 10.6 Å². The third kappa shape index (κ3) is 2.30. The van der Waals surface area contributed by atoms with Crippen LogP contribution in [0.4, 0.5) is 0 Å². The first-order chi connectivity index (χ1) is 6.56. The Hall–Kier alpha value is -0.940. The Balaban J connectivity index is 2.61. The number of hydrogen-bond acceptors (Lipinski definition) is 4. The molecule has 0 aromatic rings. The molecule has 1 aliphatic rings. The average Bonchev–Trinajstić information content (AvgIpc) is 2.11. The maximum atomic E-state index is 11.4. The zero-order valence-electron chi connectivity index (χ0n) is 8.66. The van der Waals surface area contributed by atoms with Crippen LogP contribution in [0.5, 0.6) is 0 Å². The van der Waals surface area contributed by atoms with Gasteiger partial charge in [0, 0.05) is 13.0 Å². The number of ether oxygens (including phenoxy) is 1. The van der Waals surface area contributed by atoms with Crippen LogP contribution in [-0.2, 0) is 14.3 Å². The normalized spacial score (nSPS) is 29.9. The summed E-state index contributed by atoms with van der Waals surface area (Å²) >= 11 is 0. The lowest BCUT2D eigenvalue weighted by atomic mass is 9.99. The van der Waals surface area contributed by atoms with Crippen LogP contribution in [0.1, 0.15) is 13.8 Å². The number of nitrogens with one attached hydrogen (secondary N) is 2. The molecule has 1 rings (SSSR count). The standard InChI is InChI=1S/C9H16N2O3/c1-5(4-14-3)7-9(13)11-8(12)6(2)10-7/h5-7,10H,4H2,1-3H3,(H,11,12,13). The van der Waals surface area contributed by atoms with Gasteiger partial charge in [-0.2, -0.15) is 0 Å². The van der Waals surface area contributed by atoms with Crippen molar-refractivity contribution in [2.24, 2.45) is 5.92 Å². The molecule has 0 radical (unpaired) electrons. The number of rotatable bonds is 3. The predicted octanol–water partition coefficient (Wildman–Crippen LogP) is -0.728. The molecule has 0 saturated carbocycles. The lowest BCUT2D eigenvalue weighted by molar-refractivity contribution is -0.137. The van der Waals surface area contributed by atoms with E-state index >= 15 is 0 Å². The van der Waals surface area contributed by atoms with Crippen molar-refractivity contribution in [3.63, 3.8) is 0 Å². The minimum Gasteiger partial charge on any atom is -0.384 e. The second kappa shape index (κ2) is 4.52. The topological polar surface area (TPSA) is 67.4 Å². The Morgan fingerprint density at radius 1 is 1.43 bits per heavy atom. The fourth-order valence-electron chi connectivity index (χ4n) is 1.51. The highest BCUT2D eigenvalue weighted by Crippen LogP contribution is 2.08. The Morgan fingerprint density at radius 2 is 2.07 bits per heavy atom. The summed E-state index contributed by atoms with van der Waals surface area (Å²) < 4.78 is 4.96. The first-order valence-corrected chi connectivity index (χ1v) is 4.66. The quantitative estimate of drug-likeness (QED) is 0.589. The number of carbonyl (C=O) groups is 2. The average molecular weight is 200 g/mol. The van der Waals surface area contributed by atoms with Gasteiger partial charge in [-0.15, -0.1) is 0 Å². The second-order valence-corrected chi connectivity index (χ2v) is 3.65. The summed E-state index contributed by atoms with van der Waals surface area (Å²) in [6.45, 7) is 4.13. The van der Waals surface area contributed by atoms with Crippen LogP contribution in [0.2, 0.25) is 0 Å². The van der Waals surface area contributed by atoms with Crippen molar-refractivity contribution in [2.45, 2.75) is 25.9 Å². The fourth-order valence-corrected chi connectivity index (χ4v) is 1.51. The zero-order chi connectivity index (χ0) is 10.7. The maximum absolute atomic E-state index is 11.4. The summed E-state index contributed by atoms with van der Waals surface area (Å²) in [5, 5.41) is 5.28. The Morgan fingerprint density at radius 3 is 2.64 bits per heavy atom. The molecule has 1 fully saturated rings. The van der Waals surface area contributed by atoms with E-state index in [-0.39, 0.29) is 29.8 Å². The van der Waals surface area contributed by atoms with Gasteiger partial charge in [0.05, 0.1) is 18.7 Å². The van der Waals surface area contributed by atoms with Crippen LogP contribution < -0.4 is 10.6 Å². The number of methoxy groups -OCH3 is 1. The largest absolute Gasteiger partial charge is 0.384 e. The molecule has 5 nitrogen and oxygen atoms in total. The van der Waals surface area contributed by atoms with Gasteiger partial charge in [0.2, 0.25) is 11.8 Å². The molecule has 0 spiro atoms. The molecule has 1 saturated heterocycles. The molecule has 3 atom stereocenters. The molecule has 1 aliphatic heterocycles. The fraction of sp³-hybridized carbons (Fsp3) is 0.778. The molecule has 80 valence electrons. The van der Waals surface area contributed by atoms with Crippen molar-refractivity contribution in [3.8, 4) is 0 Å². The van der Waals surface area contributed by atoms with E-state index in [4.69, 9.17) is 4.74 Å². The minimum absolute atomic E-state index is 0.0514. The summed E-state index contributed by atoms with van der Waals surface area (Å²) in [6, 6.07) is -0.667. The lowest BCUT2D eigenvalue weighted by Crippen LogP contribution is -2.63. The number of amides is 2. The van der Waals surface area contributed by atoms with Crippen LogP contribution in [0, 0.1) is 5.92 Å². The summed E-state index contributed by atoms with van der Waals surface area (Å²) in [4.78, 5) is 22.5. The maximum Gasteiger partial charge on any atom is 0.244 e. The summed E-state index contributed by atoms with van der Waals surface area (Å²) in [6.07, 6.45) is 0. The van der Waals surface area contributed by atoms with Crippen molar-refractivity contribution in [3.05, 3.63) is 0 Å². The van der Waals surface area contributed by atoms with Gasteiger partial charge < -0.3 is 4.74 Å². The molecule has 0 bridgehead atoms. The van der Waals surface area contributed by atoms with Gasteiger partial charge in [-0.3, -0.25) is 20.2 Å². The van der Waals surface area contributed by atoms with Crippen LogP contribution in [-0.4, -0.2) is 37.6 Å². The van der Waals surface area contributed by atoms with E-state index in [0.29, 0.717) is 6.61 Å². The van der Waals surface area contributed by atoms with Crippen LogP contribution in [0.15, 0.2) is 0 Å². The van der Waals surface area contributed by atoms with E-state index in [0.717, 1.165) is 0 Å². The molecule has 0 aliphatic carbocycles. The molecule has 0 aromatic heterocycles. The van der Waals surface area contributed by atoms with Gasteiger partial charge >= 0.3 is 0 Å². The van der Waals surface area contributed by atoms with Gasteiger partial charge in [0.15, 0.2) is 0 Å². The van der Waals surface area contributed by atoms with Crippen molar-refractivity contribution in [2.75, 3.05) is 13.7 Å².